The smallest absolute Gasteiger partial charge is 0.232 e. The van der Waals surface area contributed by atoms with Crippen LogP contribution in [0.3, 0.4) is 0 Å². The zero-order valence-corrected chi connectivity index (χ0v) is 18.9. The van der Waals surface area contributed by atoms with E-state index in [2.05, 4.69) is 5.32 Å². The van der Waals surface area contributed by atoms with Crippen LogP contribution in [0.1, 0.15) is 12.8 Å². The molecule has 0 saturated heterocycles. The van der Waals surface area contributed by atoms with E-state index >= 15 is 0 Å². The van der Waals surface area contributed by atoms with Crippen LogP contribution >= 0.6 is 11.6 Å². The van der Waals surface area contributed by atoms with Gasteiger partial charge in [-0.25, -0.2) is 8.42 Å². The maximum atomic E-state index is 12.2. The lowest BCUT2D eigenvalue weighted by Crippen LogP contribution is -2.41. The molecule has 1 amide bonds. The highest BCUT2D eigenvalue weighted by atomic mass is 35.5. The van der Waals surface area contributed by atoms with Gasteiger partial charge in [0.25, 0.3) is 0 Å². The van der Waals surface area contributed by atoms with Crippen LogP contribution in [-0.2, 0) is 14.8 Å². The van der Waals surface area contributed by atoms with Crippen LogP contribution < -0.4 is 23.8 Å². The number of hydrogen-bond acceptors (Lipinski definition) is 6. The molecule has 2 aromatic rings. The number of benzene rings is 2. The molecule has 0 fully saturated rings. The summed E-state index contributed by atoms with van der Waals surface area (Å²) in [5.74, 6) is 1.60. The van der Waals surface area contributed by atoms with Crippen molar-refractivity contribution in [3.05, 3.63) is 47.5 Å². The number of amides is 1. The number of nitrogens with zero attached hydrogens (tertiary/aromatic N) is 1. The highest BCUT2D eigenvalue weighted by molar-refractivity contribution is 7.92. The Kier molecular flexibility index (Phi) is 7.50. The van der Waals surface area contributed by atoms with E-state index in [4.69, 9.17) is 25.8 Å². The molecule has 31 heavy (non-hydrogen) atoms. The van der Waals surface area contributed by atoms with Gasteiger partial charge in [0.2, 0.25) is 15.9 Å². The lowest BCUT2D eigenvalue weighted by Gasteiger charge is -2.26. The number of fused-ring (bicyclic) bond motifs is 1. The summed E-state index contributed by atoms with van der Waals surface area (Å²) in [6.07, 6.45) is 1.34. The van der Waals surface area contributed by atoms with Gasteiger partial charge in [0.1, 0.15) is 18.5 Å². The standard InChI is InChI=1S/C21H25ClN2O6S/c1-28-18-10-9-15(12-17(18)22)24(31(2,26)27)11-5-8-21(25)23-13-16-14-29-19-6-3-4-7-20(19)30-16/h3-4,6-7,9-10,12,16H,5,8,11,13-14H2,1-2H3,(H,23,25)/t16-/m1/s1. The third-order valence-electron chi connectivity index (χ3n) is 4.68. The number of anilines is 1. The summed E-state index contributed by atoms with van der Waals surface area (Å²) in [6, 6.07) is 12.1. The Morgan fingerprint density at radius 3 is 2.68 bits per heavy atom. The second-order valence-electron chi connectivity index (χ2n) is 7.06. The van der Waals surface area contributed by atoms with Gasteiger partial charge < -0.3 is 19.5 Å². The lowest BCUT2D eigenvalue weighted by atomic mass is 10.2. The van der Waals surface area contributed by atoms with Gasteiger partial charge in [-0.1, -0.05) is 23.7 Å². The number of nitrogens with one attached hydrogen (secondary N) is 1. The van der Waals surface area contributed by atoms with Crippen LogP contribution in [0.25, 0.3) is 0 Å². The second-order valence-corrected chi connectivity index (χ2v) is 9.37. The maximum absolute atomic E-state index is 12.2. The molecule has 1 N–H and O–H groups in total. The molecule has 1 aliphatic heterocycles. The number of sulfonamides is 1. The van der Waals surface area contributed by atoms with E-state index in [1.54, 1.807) is 12.1 Å². The predicted octanol–water partition coefficient (Wildman–Crippen LogP) is 2.85. The van der Waals surface area contributed by atoms with Gasteiger partial charge in [-0.3, -0.25) is 9.10 Å². The van der Waals surface area contributed by atoms with Gasteiger partial charge in [-0.05, 0) is 36.8 Å². The fourth-order valence-electron chi connectivity index (χ4n) is 3.16. The quantitative estimate of drug-likeness (QED) is 0.608. The molecule has 0 aromatic heterocycles. The summed E-state index contributed by atoms with van der Waals surface area (Å²) in [6.45, 7) is 0.791. The van der Waals surface area contributed by atoms with Gasteiger partial charge in [0, 0.05) is 13.0 Å². The fourth-order valence-corrected chi connectivity index (χ4v) is 4.37. The minimum Gasteiger partial charge on any atom is -0.495 e. The van der Waals surface area contributed by atoms with Crippen molar-refractivity contribution >= 4 is 33.2 Å². The number of rotatable bonds is 9. The third kappa shape index (κ3) is 6.18. The van der Waals surface area contributed by atoms with Gasteiger partial charge in [-0.2, -0.15) is 0 Å². The normalized spacial score (nSPS) is 15.3. The molecule has 1 heterocycles. The maximum Gasteiger partial charge on any atom is 0.232 e. The highest BCUT2D eigenvalue weighted by Crippen LogP contribution is 2.31. The van der Waals surface area contributed by atoms with Gasteiger partial charge in [0.05, 0.1) is 30.6 Å². The molecular formula is C21H25ClN2O6S. The van der Waals surface area contributed by atoms with Gasteiger partial charge in [0.15, 0.2) is 11.5 Å². The van der Waals surface area contributed by atoms with Crippen molar-refractivity contribution in [2.75, 3.05) is 37.4 Å². The molecule has 1 atom stereocenters. The largest absolute Gasteiger partial charge is 0.495 e. The molecule has 3 rings (SSSR count). The fraction of sp³-hybridized carbons (Fsp3) is 0.381. The van der Waals surface area contributed by atoms with Gasteiger partial charge in [-0.15, -0.1) is 0 Å². The molecule has 0 aliphatic carbocycles. The zero-order chi connectivity index (χ0) is 22.4. The van der Waals surface area contributed by atoms with Crippen LogP contribution in [0.5, 0.6) is 17.2 Å². The van der Waals surface area contributed by atoms with Crippen LogP contribution in [-0.4, -0.2) is 53.5 Å². The molecule has 10 heteroatoms. The summed E-state index contributed by atoms with van der Waals surface area (Å²) in [7, 11) is -2.06. The van der Waals surface area contributed by atoms with Gasteiger partial charge >= 0.3 is 0 Å². The molecule has 0 unspecified atom stereocenters. The first-order chi connectivity index (χ1) is 14.8. The molecule has 2 aromatic carbocycles. The van der Waals surface area contributed by atoms with Crippen LogP contribution in [0.2, 0.25) is 5.02 Å². The van der Waals surface area contributed by atoms with Crippen molar-refractivity contribution in [3.8, 4) is 17.2 Å². The van der Waals surface area contributed by atoms with E-state index in [1.807, 2.05) is 24.3 Å². The molecular weight excluding hydrogens is 444 g/mol. The minimum atomic E-state index is -3.54. The van der Waals surface area contributed by atoms with Crippen LogP contribution in [0.15, 0.2) is 42.5 Å². The predicted molar refractivity (Wildman–Crippen MR) is 119 cm³/mol. The van der Waals surface area contributed by atoms with Crippen molar-refractivity contribution in [2.45, 2.75) is 18.9 Å². The van der Waals surface area contributed by atoms with E-state index < -0.39 is 10.0 Å². The number of hydrogen-bond donors (Lipinski definition) is 1. The number of ether oxygens (including phenoxy) is 3. The van der Waals surface area contributed by atoms with Crippen molar-refractivity contribution < 1.29 is 27.4 Å². The Hall–Kier alpha value is -2.65. The Balaban J connectivity index is 1.49. The number of methoxy groups -OCH3 is 1. The van der Waals surface area contributed by atoms with E-state index in [1.165, 1.54) is 17.5 Å². The average molecular weight is 469 g/mol. The molecule has 0 spiro atoms. The Labute approximate surface area is 187 Å². The number of para-hydroxylation sites is 2. The average Bonchev–Trinajstić information content (AvgIpc) is 2.74. The zero-order valence-electron chi connectivity index (χ0n) is 17.3. The summed E-state index contributed by atoms with van der Waals surface area (Å²) < 4.78 is 42.2. The van der Waals surface area contributed by atoms with Crippen molar-refractivity contribution in [1.29, 1.82) is 0 Å². The van der Waals surface area contributed by atoms with E-state index in [0.29, 0.717) is 47.5 Å². The highest BCUT2D eigenvalue weighted by Gasteiger charge is 2.22. The molecule has 168 valence electrons. The first-order valence-electron chi connectivity index (χ1n) is 9.74. The third-order valence-corrected chi connectivity index (χ3v) is 6.17. The van der Waals surface area contributed by atoms with E-state index in [-0.39, 0.29) is 25.0 Å². The van der Waals surface area contributed by atoms with Crippen molar-refractivity contribution in [3.63, 3.8) is 0 Å². The van der Waals surface area contributed by atoms with Crippen molar-refractivity contribution in [1.82, 2.24) is 5.32 Å². The van der Waals surface area contributed by atoms with Crippen LogP contribution in [0.4, 0.5) is 5.69 Å². The summed E-state index contributed by atoms with van der Waals surface area (Å²) in [5, 5.41) is 3.12. The summed E-state index contributed by atoms with van der Waals surface area (Å²) >= 11 is 6.12. The molecule has 8 nitrogen and oxygen atoms in total. The summed E-state index contributed by atoms with van der Waals surface area (Å²) in [4.78, 5) is 12.2. The molecule has 0 bridgehead atoms. The summed E-state index contributed by atoms with van der Waals surface area (Å²) in [5.41, 5.74) is 0.417. The van der Waals surface area contributed by atoms with Crippen LogP contribution in [0, 0.1) is 0 Å². The molecule has 1 aliphatic rings. The monoisotopic (exact) mass is 468 g/mol. The number of halogens is 1. The SMILES string of the molecule is COc1ccc(N(CCCC(=O)NC[C@@H]2COc3ccccc3O2)S(C)(=O)=O)cc1Cl. The number of carbonyl (C=O) groups excluding carboxylic acids is 1. The molecule has 0 radical (unpaired) electrons. The second kappa shape index (κ2) is 10.1. The Morgan fingerprint density at radius 1 is 1.26 bits per heavy atom. The Morgan fingerprint density at radius 2 is 2.00 bits per heavy atom. The topological polar surface area (TPSA) is 94.2 Å². The molecule has 0 saturated carbocycles. The first-order valence-corrected chi connectivity index (χ1v) is 12.0. The lowest BCUT2D eigenvalue weighted by molar-refractivity contribution is -0.121. The van der Waals surface area contributed by atoms with E-state index in [0.717, 1.165) is 6.26 Å². The first kappa shape index (κ1) is 23.0. The van der Waals surface area contributed by atoms with E-state index in [9.17, 15) is 13.2 Å². The number of carbonyl (C=O) groups is 1. The van der Waals surface area contributed by atoms with Crippen molar-refractivity contribution in [2.24, 2.45) is 0 Å². The Bertz CT molecular complexity index is 1030. The minimum absolute atomic E-state index is 0.144.